The minimum absolute atomic E-state index is 0.0418. The van der Waals surface area contributed by atoms with Crippen molar-refractivity contribution in [3.63, 3.8) is 0 Å². The fraction of sp³-hybridized carbons (Fsp3) is 0.481. The first-order chi connectivity index (χ1) is 17.7. The van der Waals surface area contributed by atoms with Crippen LogP contribution in [-0.4, -0.2) is 46.9 Å². The number of likely N-dealkylation sites (tertiary alicyclic amines) is 1. The molecule has 2 aliphatic rings. The van der Waals surface area contributed by atoms with Crippen molar-refractivity contribution in [2.24, 2.45) is 11.8 Å². The zero-order valence-electron chi connectivity index (χ0n) is 21.1. The number of hydrogen-bond acceptors (Lipinski definition) is 5. The Morgan fingerprint density at radius 2 is 1.84 bits per heavy atom. The summed E-state index contributed by atoms with van der Waals surface area (Å²) in [5, 5.41) is 3.82. The first-order valence-electron chi connectivity index (χ1n) is 12.8. The van der Waals surface area contributed by atoms with Crippen LogP contribution in [0.25, 0.3) is 0 Å². The van der Waals surface area contributed by atoms with E-state index in [0.717, 1.165) is 42.6 Å². The number of benzene rings is 1. The highest BCUT2D eigenvalue weighted by molar-refractivity contribution is 6.35. The first-order valence-corrected chi connectivity index (χ1v) is 13.5. The number of nitrogens with zero attached hydrogens (tertiary/aromatic N) is 3. The summed E-state index contributed by atoms with van der Waals surface area (Å²) in [4.78, 5) is 47.0. The minimum atomic E-state index is -0.978. The number of halogens is 2. The molecule has 1 saturated heterocycles. The molecule has 0 spiro atoms. The molecule has 1 aliphatic carbocycles. The number of rotatable bonds is 7. The van der Waals surface area contributed by atoms with Crippen molar-refractivity contribution in [1.82, 2.24) is 15.2 Å². The molecule has 0 bridgehead atoms. The van der Waals surface area contributed by atoms with Crippen LogP contribution in [0.3, 0.4) is 0 Å². The Balaban J connectivity index is 1.59. The van der Waals surface area contributed by atoms with Crippen LogP contribution < -0.4 is 16.0 Å². The lowest BCUT2D eigenvalue weighted by molar-refractivity contribution is -0.156. The van der Waals surface area contributed by atoms with E-state index in [-0.39, 0.29) is 18.4 Å². The highest BCUT2D eigenvalue weighted by atomic mass is 35.5. The zero-order valence-corrected chi connectivity index (χ0v) is 22.6. The predicted octanol–water partition coefficient (Wildman–Crippen LogP) is 5.07. The van der Waals surface area contributed by atoms with E-state index in [1.807, 2.05) is 6.92 Å². The molecular formula is C27H33Cl2N5O3. The third-order valence-electron chi connectivity index (χ3n) is 7.52. The van der Waals surface area contributed by atoms with Crippen molar-refractivity contribution >= 4 is 52.6 Å². The molecule has 8 nitrogen and oxygen atoms in total. The summed E-state index contributed by atoms with van der Waals surface area (Å²) in [6.45, 7) is 2.04. The number of carbonyl (C=O) groups is 3. The van der Waals surface area contributed by atoms with Gasteiger partial charge in [0.2, 0.25) is 5.91 Å². The summed E-state index contributed by atoms with van der Waals surface area (Å²) in [5.41, 5.74) is 7.07. The molecule has 1 saturated carbocycles. The Morgan fingerprint density at radius 1 is 1.16 bits per heavy atom. The molecule has 4 amide bonds. The number of nitrogens with two attached hydrogens (primary N) is 1. The number of amides is 4. The third-order valence-corrected chi connectivity index (χ3v) is 7.96. The van der Waals surface area contributed by atoms with Crippen LogP contribution in [-0.2, 0) is 16.0 Å². The molecule has 0 radical (unpaired) electrons. The summed E-state index contributed by atoms with van der Waals surface area (Å²) in [7, 11) is 1.58. The summed E-state index contributed by atoms with van der Waals surface area (Å²) in [5.74, 6) is -0.800. The number of pyridine rings is 1. The van der Waals surface area contributed by atoms with E-state index in [2.05, 4.69) is 10.3 Å². The number of anilines is 2. The lowest BCUT2D eigenvalue weighted by atomic mass is 9.81. The van der Waals surface area contributed by atoms with Gasteiger partial charge < -0.3 is 16.0 Å². The van der Waals surface area contributed by atoms with E-state index in [0.29, 0.717) is 27.5 Å². The van der Waals surface area contributed by atoms with E-state index in [9.17, 15) is 14.4 Å². The van der Waals surface area contributed by atoms with Gasteiger partial charge in [-0.25, -0.2) is 9.78 Å². The van der Waals surface area contributed by atoms with E-state index in [1.165, 1.54) is 11.3 Å². The Morgan fingerprint density at radius 3 is 2.46 bits per heavy atom. The lowest BCUT2D eigenvalue weighted by Crippen LogP contribution is -2.71. The van der Waals surface area contributed by atoms with E-state index < -0.39 is 23.9 Å². The van der Waals surface area contributed by atoms with Gasteiger partial charge in [0, 0.05) is 35.0 Å². The van der Waals surface area contributed by atoms with Gasteiger partial charge in [0.1, 0.15) is 11.9 Å². The van der Waals surface area contributed by atoms with Gasteiger partial charge in [-0.2, -0.15) is 0 Å². The standard InChI is InChI=1S/C27H33Cl2N5O3/c1-3-22(17-7-5-4-6-8-17)32-27(37)34-24(21(25(34)35)11-16-9-10-31-23(30)12-16)26(36)33(2)20-14-18(28)13-19(29)15-20/h9-10,12-15,17,21-22,24H,3-8,11H2,1-2H3,(H2,30,31)(H,32,37)/t21-,22?,24+/m1/s1. The average molecular weight is 546 g/mol. The first kappa shape index (κ1) is 27.2. The van der Waals surface area contributed by atoms with Gasteiger partial charge in [-0.05, 0) is 67.5 Å². The van der Waals surface area contributed by atoms with Crippen molar-refractivity contribution in [3.05, 3.63) is 52.1 Å². The van der Waals surface area contributed by atoms with E-state index >= 15 is 0 Å². The van der Waals surface area contributed by atoms with Gasteiger partial charge in [-0.3, -0.25) is 14.5 Å². The number of aromatic nitrogens is 1. The second-order valence-electron chi connectivity index (χ2n) is 9.94. The van der Waals surface area contributed by atoms with Crippen molar-refractivity contribution in [2.75, 3.05) is 17.7 Å². The smallest absolute Gasteiger partial charge is 0.325 e. The molecule has 1 aromatic heterocycles. The van der Waals surface area contributed by atoms with Crippen LogP contribution in [0.4, 0.5) is 16.3 Å². The number of likely N-dealkylation sites (N-methyl/N-ethyl adjacent to an activating group) is 1. The number of carbonyl (C=O) groups excluding carboxylic acids is 3. The maximum Gasteiger partial charge on any atom is 0.325 e. The molecule has 37 heavy (non-hydrogen) atoms. The minimum Gasteiger partial charge on any atom is -0.384 e. The SMILES string of the molecule is CCC(NC(=O)N1C(=O)[C@H](Cc2ccnc(N)c2)[C@H]1C(=O)N(C)c1cc(Cl)cc(Cl)c1)C1CCCCC1. The largest absolute Gasteiger partial charge is 0.384 e. The normalized spacial score (nSPS) is 20.8. The van der Waals surface area contributed by atoms with Crippen molar-refractivity contribution in [1.29, 1.82) is 0 Å². The topological polar surface area (TPSA) is 109 Å². The van der Waals surface area contributed by atoms with Gasteiger partial charge >= 0.3 is 6.03 Å². The van der Waals surface area contributed by atoms with Crippen LogP contribution in [0.1, 0.15) is 51.0 Å². The van der Waals surface area contributed by atoms with Crippen LogP contribution in [0.2, 0.25) is 10.0 Å². The quantitative estimate of drug-likeness (QED) is 0.472. The van der Waals surface area contributed by atoms with Gasteiger partial charge in [-0.1, -0.05) is 49.4 Å². The van der Waals surface area contributed by atoms with Crippen LogP contribution >= 0.6 is 23.2 Å². The molecule has 2 heterocycles. The number of imide groups is 1. The summed E-state index contributed by atoms with van der Waals surface area (Å²) in [6, 6.07) is 6.69. The Kier molecular flexibility index (Phi) is 8.60. The molecule has 2 aromatic rings. The molecule has 2 fully saturated rings. The van der Waals surface area contributed by atoms with E-state index in [1.54, 1.807) is 43.6 Å². The third kappa shape index (κ3) is 6.02. The predicted molar refractivity (Wildman–Crippen MR) is 146 cm³/mol. The van der Waals surface area contributed by atoms with Crippen LogP contribution in [0.15, 0.2) is 36.5 Å². The van der Waals surface area contributed by atoms with Crippen LogP contribution in [0, 0.1) is 11.8 Å². The molecule has 10 heteroatoms. The highest BCUT2D eigenvalue weighted by Gasteiger charge is 2.55. The number of β-lactam (4-membered cyclic amide) rings is 1. The fourth-order valence-electron chi connectivity index (χ4n) is 5.51. The molecule has 3 N–H and O–H groups in total. The molecule has 4 rings (SSSR count). The van der Waals surface area contributed by atoms with Gasteiger partial charge in [-0.15, -0.1) is 0 Å². The number of nitrogen functional groups attached to an aromatic ring is 1. The second kappa shape index (κ2) is 11.7. The summed E-state index contributed by atoms with van der Waals surface area (Å²) >= 11 is 12.3. The number of urea groups is 1. The zero-order chi connectivity index (χ0) is 26.7. The maximum absolute atomic E-state index is 13.8. The summed E-state index contributed by atoms with van der Waals surface area (Å²) < 4.78 is 0. The monoisotopic (exact) mass is 545 g/mol. The van der Waals surface area contributed by atoms with Crippen LogP contribution in [0.5, 0.6) is 0 Å². The lowest BCUT2D eigenvalue weighted by Gasteiger charge is -2.46. The van der Waals surface area contributed by atoms with Crippen molar-refractivity contribution in [3.8, 4) is 0 Å². The van der Waals surface area contributed by atoms with Gasteiger partial charge in [0.15, 0.2) is 0 Å². The van der Waals surface area contributed by atoms with Crippen molar-refractivity contribution in [2.45, 2.75) is 64.0 Å². The van der Waals surface area contributed by atoms with Gasteiger partial charge in [0.05, 0.1) is 5.92 Å². The number of hydrogen-bond donors (Lipinski definition) is 2. The van der Waals surface area contributed by atoms with Crippen molar-refractivity contribution < 1.29 is 14.4 Å². The fourth-order valence-corrected chi connectivity index (χ4v) is 6.02. The highest BCUT2D eigenvalue weighted by Crippen LogP contribution is 2.35. The molecule has 1 aromatic carbocycles. The molecule has 1 aliphatic heterocycles. The molecule has 198 valence electrons. The molecular weight excluding hydrogens is 513 g/mol. The Labute approximate surface area is 227 Å². The maximum atomic E-state index is 13.8. The average Bonchev–Trinajstić information content (AvgIpc) is 2.87. The Bertz CT molecular complexity index is 1150. The van der Waals surface area contributed by atoms with Gasteiger partial charge in [0.25, 0.3) is 5.91 Å². The number of nitrogens with one attached hydrogen (secondary N) is 1. The van der Waals surface area contributed by atoms with E-state index in [4.69, 9.17) is 28.9 Å². The molecule has 3 atom stereocenters. The molecule has 1 unspecified atom stereocenters. The summed E-state index contributed by atoms with van der Waals surface area (Å²) in [6.07, 6.45) is 8.19. The Hall–Kier alpha value is -2.84. The second-order valence-corrected chi connectivity index (χ2v) is 10.8.